The Bertz CT molecular complexity index is 465. The lowest BCUT2D eigenvalue weighted by Gasteiger charge is -2.38. The molecule has 1 aromatic rings. The van der Waals surface area contributed by atoms with Gasteiger partial charge in [0.25, 0.3) is 5.91 Å². The van der Waals surface area contributed by atoms with Crippen LogP contribution in [0.3, 0.4) is 0 Å². The van der Waals surface area contributed by atoms with Crippen LogP contribution in [0.1, 0.15) is 23.2 Å². The number of carbonyl (C=O) groups excluding carboxylic acids is 1. The monoisotopic (exact) mass is 399 g/mol. The third-order valence-corrected chi connectivity index (χ3v) is 3.92. The summed E-state index contributed by atoms with van der Waals surface area (Å²) in [4.78, 5) is 18.3. The smallest absolute Gasteiger partial charge is 0.255 e. The summed E-state index contributed by atoms with van der Waals surface area (Å²) in [6, 6.07) is 1.82. The van der Waals surface area contributed by atoms with Crippen molar-refractivity contribution in [3.8, 4) is 0 Å². The molecule has 5 nitrogen and oxygen atoms in total. The number of hydrogen-bond acceptors (Lipinski definition) is 4. The Hall–Kier alpha value is -0.400. The van der Waals surface area contributed by atoms with Crippen LogP contribution in [0.25, 0.3) is 0 Å². The number of nitrogens with zero attached hydrogens (tertiary/aromatic N) is 2. The Labute approximate surface area is 145 Å². The summed E-state index contributed by atoms with van der Waals surface area (Å²) in [5.41, 5.74) is 6.37. The van der Waals surface area contributed by atoms with Gasteiger partial charge in [0.05, 0.1) is 11.7 Å². The van der Waals surface area contributed by atoms with Gasteiger partial charge in [0, 0.05) is 43.1 Å². The molecule has 2 rings (SSSR count). The van der Waals surface area contributed by atoms with Crippen molar-refractivity contribution < 1.29 is 9.53 Å². The summed E-state index contributed by atoms with van der Waals surface area (Å²) in [7, 11) is 1.70. The molecule has 120 valence electrons. The Morgan fingerprint density at radius 2 is 2.24 bits per heavy atom. The van der Waals surface area contributed by atoms with Gasteiger partial charge < -0.3 is 15.4 Å². The van der Waals surface area contributed by atoms with Gasteiger partial charge >= 0.3 is 0 Å². The second-order valence-corrected chi connectivity index (χ2v) is 5.58. The van der Waals surface area contributed by atoms with Gasteiger partial charge in [0.15, 0.2) is 0 Å². The number of pyridine rings is 1. The summed E-state index contributed by atoms with van der Waals surface area (Å²) in [6.07, 6.45) is 5.08. The highest BCUT2D eigenvalue weighted by Gasteiger charge is 2.31. The van der Waals surface area contributed by atoms with Crippen LogP contribution in [0.2, 0.25) is 0 Å². The molecule has 1 saturated heterocycles. The average molecular weight is 401 g/mol. The number of aromatic nitrogens is 1. The molecule has 1 aliphatic heterocycles. The van der Waals surface area contributed by atoms with E-state index in [0.29, 0.717) is 18.7 Å². The molecule has 2 atom stereocenters. The van der Waals surface area contributed by atoms with Crippen LogP contribution >= 0.6 is 40.7 Å². The highest BCUT2D eigenvalue weighted by Crippen LogP contribution is 2.22. The third-order valence-electron chi connectivity index (χ3n) is 3.49. The highest BCUT2D eigenvalue weighted by atomic mass is 79.9. The van der Waals surface area contributed by atoms with E-state index in [4.69, 9.17) is 10.5 Å². The Balaban J connectivity index is 0.00000200. The van der Waals surface area contributed by atoms with Crippen LogP contribution in [0.5, 0.6) is 0 Å². The van der Waals surface area contributed by atoms with Crippen molar-refractivity contribution in [1.82, 2.24) is 9.88 Å². The van der Waals surface area contributed by atoms with Gasteiger partial charge in [-0.15, -0.1) is 24.8 Å². The van der Waals surface area contributed by atoms with Crippen molar-refractivity contribution >= 4 is 46.7 Å². The molecule has 0 aliphatic carbocycles. The lowest BCUT2D eigenvalue weighted by molar-refractivity contribution is 0.0139. The molecule has 1 aliphatic rings. The van der Waals surface area contributed by atoms with E-state index in [9.17, 15) is 4.79 Å². The Morgan fingerprint density at radius 1 is 1.52 bits per heavy atom. The average Bonchev–Trinajstić information content (AvgIpc) is 2.45. The largest absolute Gasteiger partial charge is 0.381 e. The first-order valence-corrected chi connectivity index (χ1v) is 7.09. The normalized spacial score (nSPS) is 21.2. The first-order valence-electron chi connectivity index (χ1n) is 6.30. The molecule has 0 spiro atoms. The van der Waals surface area contributed by atoms with E-state index in [-0.39, 0.29) is 42.9 Å². The number of amides is 1. The number of nitrogens with two attached hydrogens (primary N) is 1. The molecule has 0 aromatic carbocycles. The molecule has 1 fully saturated rings. The molecule has 1 aromatic heterocycles. The van der Waals surface area contributed by atoms with Gasteiger partial charge in [-0.25, -0.2) is 0 Å². The van der Waals surface area contributed by atoms with E-state index in [0.717, 1.165) is 17.3 Å². The molecular formula is C13H20BrCl2N3O2. The number of ether oxygens (including phenoxy) is 1. The number of hydrogen-bond donors (Lipinski definition) is 1. The standard InChI is InChI=1S/C13H18BrN3O2.2ClH/c1-19-12-2-3-17(11(5-12)6-15)13(18)9-4-10(14)8-16-7-9;;/h4,7-8,11-12H,2-3,5-6,15H2,1H3;2*1H. The number of likely N-dealkylation sites (tertiary alicyclic amines) is 1. The SMILES string of the molecule is COC1CCN(C(=O)c2cncc(Br)c2)C(CN)C1.Cl.Cl. The molecular weight excluding hydrogens is 381 g/mol. The summed E-state index contributed by atoms with van der Waals surface area (Å²) in [6.45, 7) is 1.12. The zero-order valence-corrected chi connectivity index (χ0v) is 14.9. The fourth-order valence-electron chi connectivity index (χ4n) is 2.41. The predicted octanol–water partition coefficient (Wildman–Crippen LogP) is 2.27. The van der Waals surface area contributed by atoms with Crippen LogP contribution in [0.15, 0.2) is 22.9 Å². The number of carbonyl (C=O) groups is 1. The maximum Gasteiger partial charge on any atom is 0.255 e. The Kier molecular flexibility index (Phi) is 9.40. The first kappa shape index (κ1) is 20.6. The minimum Gasteiger partial charge on any atom is -0.381 e. The summed E-state index contributed by atoms with van der Waals surface area (Å²) < 4.78 is 6.16. The number of halogens is 3. The van der Waals surface area contributed by atoms with E-state index in [2.05, 4.69) is 20.9 Å². The quantitative estimate of drug-likeness (QED) is 0.844. The fraction of sp³-hybridized carbons (Fsp3) is 0.538. The van der Waals surface area contributed by atoms with E-state index in [1.165, 1.54) is 0 Å². The maximum absolute atomic E-state index is 12.5. The summed E-state index contributed by atoms with van der Waals surface area (Å²) in [5, 5.41) is 0. The number of methoxy groups -OCH3 is 1. The van der Waals surface area contributed by atoms with Gasteiger partial charge in [-0.1, -0.05) is 0 Å². The minimum absolute atomic E-state index is 0. The van der Waals surface area contributed by atoms with Crippen molar-refractivity contribution in [1.29, 1.82) is 0 Å². The van der Waals surface area contributed by atoms with E-state index < -0.39 is 0 Å². The third kappa shape index (κ3) is 5.07. The topological polar surface area (TPSA) is 68.5 Å². The van der Waals surface area contributed by atoms with Gasteiger partial charge in [-0.3, -0.25) is 9.78 Å². The number of rotatable bonds is 3. The minimum atomic E-state index is -0.0150. The van der Waals surface area contributed by atoms with E-state index in [1.54, 1.807) is 25.6 Å². The zero-order valence-electron chi connectivity index (χ0n) is 11.7. The summed E-state index contributed by atoms with van der Waals surface area (Å²) in [5.74, 6) is -0.0150. The van der Waals surface area contributed by atoms with Gasteiger partial charge in [0.2, 0.25) is 0 Å². The molecule has 8 heteroatoms. The van der Waals surface area contributed by atoms with Crippen LogP contribution < -0.4 is 5.73 Å². The van der Waals surface area contributed by atoms with Crippen LogP contribution in [0.4, 0.5) is 0 Å². The second kappa shape index (κ2) is 9.58. The molecule has 0 radical (unpaired) electrons. The molecule has 0 bridgehead atoms. The van der Waals surface area contributed by atoms with Crippen molar-refractivity contribution in [2.45, 2.75) is 25.0 Å². The molecule has 21 heavy (non-hydrogen) atoms. The summed E-state index contributed by atoms with van der Waals surface area (Å²) >= 11 is 3.33. The highest BCUT2D eigenvalue weighted by molar-refractivity contribution is 9.10. The van der Waals surface area contributed by atoms with Gasteiger partial charge in [0.1, 0.15) is 0 Å². The molecule has 2 N–H and O–H groups in total. The van der Waals surface area contributed by atoms with E-state index in [1.807, 2.05) is 4.90 Å². The van der Waals surface area contributed by atoms with Crippen molar-refractivity contribution in [2.24, 2.45) is 5.73 Å². The first-order chi connectivity index (χ1) is 9.15. The molecule has 1 amide bonds. The van der Waals surface area contributed by atoms with Crippen LogP contribution in [-0.2, 0) is 4.74 Å². The van der Waals surface area contributed by atoms with Gasteiger partial charge in [-0.05, 0) is 34.8 Å². The zero-order chi connectivity index (χ0) is 13.8. The molecule has 2 heterocycles. The van der Waals surface area contributed by atoms with Crippen molar-refractivity contribution in [2.75, 3.05) is 20.2 Å². The van der Waals surface area contributed by atoms with Crippen LogP contribution in [0, 0.1) is 0 Å². The molecule has 0 saturated carbocycles. The maximum atomic E-state index is 12.5. The van der Waals surface area contributed by atoms with E-state index >= 15 is 0 Å². The fourth-order valence-corrected chi connectivity index (χ4v) is 2.78. The lowest BCUT2D eigenvalue weighted by atomic mass is 9.98. The van der Waals surface area contributed by atoms with Crippen LogP contribution in [-0.4, -0.2) is 48.1 Å². The Morgan fingerprint density at radius 3 is 2.81 bits per heavy atom. The van der Waals surface area contributed by atoms with Crippen molar-refractivity contribution in [3.63, 3.8) is 0 Å². The second-order valence-electron chi connectivity index (χ2n) is 4.66. The van der Waals surface area contributed by atoms with Crippen molar-refractivity contribution in [3.05, 3.63) is 28.5 Å². The van der Waals surface area contributed by atoms with Gasteiger partial charge in [-0.2, -0.15) is 0 Å². The lowest BCUT2D eigenvalue weighted by Crippen LogP contribution is -2.51. The molecule has 2 unspecified atom stereocenters. The predicted molar refractivity (Wildman–Crippen MR) is 90.3 cm³/mol. The number of piperidine rings is 1.